The molecule has 0 saturated carbocycles. The molecular formula is C30H35N3O4S. The molecule has 2 aromatic carbocycles. The third-order valence-corrected chi connectivity index (χ3v) is 8.52. The summed E-state index contributed by atoms with van der Waals surface area (Å²) in [4.78, 5) is 34.2. The van der Waals surface area contributed by atoms with Crippen LogP contribution in [0.25, 0.3) is 0 Å². The monoisotopic (exact) mass is 533 g/mol. The smallest absolute Gasteiger partial charge is 0.254 e. The topological polar surface area (TPSA) is 62.3 Å². The zero-order chi connectivity index (χ0) is 26.5. The first kappa shape index (κ1) is 26.3. The average Bonchev–Trinajstić information content (AvgIpc) is 3.31. The molecule has 1 aromatic heterocycles. The van der Waals surface area contributed by atoms with E-state index in [2.05, 4.69) is 40.6 Å². The molecule has 7 nitrogen and oxygen atoms in total. The van der Waals surface area contributed by atoms with Gasteiger partial charge >= 0.3 is 0 Å². The van der Waals surface area contributed by atoms with Crippen molar-refractivity contribution in [1.29, 1.82) is 0 Å². The molecule has 3 aromatic rings. The largest absolute Gasteiger partial charge is 0.497 e. The second kappa shape index (κ2) is 12.0. The SMILES string of the molecule is COc1cc(OC)cc(C(=O)N2CCCN(C(=O)CCN3CCc4sccc4[C@@H]3c3ccccc3)CC2)c1. The molecule has 2 aliphatic heterocycles. The van der Waals surface area contributed by atoms with E-state index < -0.39 is 0 Å². The molecule has 8 heteroatoms. The molecular weight excluding hydrogens is 498 g/mol. The normalized spacial score (nSPS) is 18.0. The lowest BCUT2D eigenvalue weighted by molar-refractivity contribution is -0.131. The van der Waals surface area contributed by atoms with Crippen LogP contribution in [-0.4, -0.2) is 80.0 Å². The zero-order valence-electron chi connectivity index (χ0n) is 22.1. The number of rotatable bonds is 7. The predicted molar refractivity (Wildman–Crippen MR) is 149 cm³/mol. The Balaban J connectivity index is 1.21. The number of carbonyl (C=O) groups is 2. The van der Waals surface area contributed by atoms with E-state index in [1.54, 1.807) is 32.4 Å². The summed E-state index contributed by atoms with van der Waals surface area (Å²) in [6.45, 7) is 4.01. The van der Waals surface area contributed by atoms with E-state index in [0.29, 0.717) is 49.7 Å². The number of benzene rings is 2. The fourth-order valence-electron chi connectivity index (χ4n) is 5.52. The third-order valence-electron chi connectivity index (χ3n) is 7.53. The first-order chi connectivity index (χ1) is 18.6. The lowest BCUT2D eigenvalue weighted by Gasteiger charge is -2.36. The van der Waals surface area contributed by atoms with Crippen molar-refractivity contribution in [2.75, 3.05) is 53.5 Å². The highest BCUT2D eigenvalue weighted by Crippen LogP contribution is 2.37. The lowest BCUT2D eigenvalue weighted by Crippen LogP contribution is -2.40. The van der Waals surface area contributed by atoms with Crippen LogP contribution >= 0.6 is 11.3 Å². The van der Waals surface area contributed by atoms with Gasteiger partial charge in [-0.15, -0.1) is 11.3 Å². The minimum absolute atomic E-state index is 0.0675. The van der Waals surface area contributed by atoms with Crippen LogP contribution in [0.5, 0.6) is 11.5 Å². The summed E-state index contributed by atoms with van der Waals surface area (Å²) >= 11 is 1.83. The Morgan fingerprint density at radius 2 is 1.61 bits per heavy atom. The summed E-state index contributed by atoms with van der Waals surface area (Å²) in [5.41, 5.74) is 3.18. The third kappa shape index (κ3) is 5.71. The van der Waals surface area contributed by atoms with E-state index in [9.17, 15) is 9.59 Å². The molecule has 5 rings (SSSR count). The Labute approximate surface area is 228 Å². The zero-order valence-corrected chi connectivity index (χ0v) is 22.9. The summed E-state index contributed by atoms with van der Waals surface area (Å²) in [5.74, 6) is 1.26. The van der Waals surface area contributed by atoms with Gasteiger partial charge in [0.15, 0.2) is 0 Å². The first-order valence-corrected chi connectivity index (χ1v) is 14.1. The number of hydrogen-bond donors (Lipinski definition) is 0. The van der Waals surface area contributed by atoms with Crippen molar-refractivity contribution in [2.45, 2.75) is 25.3 Å². The van der Waals surface area contributed by atoms with Crippen molar-refractivity contribution in [1.82, 2.24) is 14.7 Å². The number of hydrogen-bond acceptors (Lipinski definition) is 6. The van der Waals surface area contributed by atoms with Crippen LogP contribution in [0.1, 0.15) is 45.2 Å². The Hall–Kier alpha value is -3.36. The number of ether oxygens (including phenoxy) is 2. The highest BCUT2D eigenvalue weighted by Gasteiger charge is 2.30. The van der Waals surface area contributed by atoms with Crippen molar-refractivity contribution in [3.63, 3.8) is 0 Å². The van der Waals surface area contributed by atoms with Crippen LogP contribution in [-0.2, 0) is 11.2 Å². The number of thiophene rings is 1. The van der Waals surface area contributed by atoms with E-state index in [4.69, 9.17) is 9.47 Å². The molecule has 0 aliphatic carbocycles. The fourth-order valence-corrected chi connectivity index (χ4v) is 6.42. The molecule has 38 heavy (non-hydrogen) atoms. The van der Waals surface area contributed by atoms with Gasteiger partial charge in [-0.05, 0) is 47.5 Å². The molecule has 1 saturated heterocycles. The van der Waals surface area contributed by atoms with Gasteiger partial charge in [-0.3, -0.25) is 14.5 Å². The number of methoxy groups -OCH3 is 2. The Morgan fingerprint density at radius 1 is 0.895 bits per heavy atom. The summed E-state index contributed by atoms with van der Waals surface area (Å²) in [6.07, 6.45) is 2.26. The van der Waals surface area contributed by atoms with Crippen LogP contribution in [0.2, 0.25) is 0 Å². The summed E-state index contributed by atoms with van der Waals surface area (Å²) < 4.78 is 10.7. The Morgan fingerprint density at radius 3 is 2.34 bits per heavy atom. The van der Waals surface area contributed by atoms with Crippen molar-refractivity contribution < 1.29 is 19.1 Å². The van der Waals surface area contributed by atoms with Crippen LogP contribution in [0.4, 0.5) is 0 Å². The van der Waals surface area contributed by atoms with Crippen molar-refractivity contribution in [3.8, 4) is 11.5 Å². The predicted octanol–water partition coefficient (Wildman–Crippen LogP) is 4.48. The van der Waals surface area contributed by atoms with Gasteiger partial charge in [-0.1, -0.05) is 30.3 Å². The first-order valence-electron chi connectivity index (χ1n) is 13.2. The van der Waals surface area contributed by atoms with Gasteiger partial charge in [0.1, 0.15) is 11.5 Å². The maximum atomic E-state index is 13.3. The highest BCUT2D eigenvalue weighted by molar-refractivity contribution is 7.10. The lowest BCUT2D eigenvalue weighted by atomic mass is 9.93. The number of carbonyl (C=O) groups excluding carboxylic acids is 2. The van der Waals surface area contributed by atoms with Gasteiger partial charge in [-0.25, -0.2) is 0 Å². The molecule has 0 bridgehead atoms. The Bertz CT molecular complexity index is 1240. The second-order valence-electron chi connectivity index (χ2n) is 9.78. The van der Waals surface area contributed by atoms with Crippen LogP contribution in [0, 0.1) is 0 Å². The summed E-state index contributed by atoms with van der Waals surface area (Å²) in [5, 5.41) is 2.18. The average molecular weight is 534 g/mol. The van der Waals surface area contributed by atoms with E-state index >= 15 is 0 Å². The van der Waals surface area contributed by atoms with Gasteiger partial charge in [0, 0.05) is 62.2 Å². The van der Waals surface area contributed by atoms with E-state index in [0.717, 1.165) is 25.9 Å². The summed E-state index contributed by atoms with van der Waals surface area (Å²) in [6, 6.07) is 18.3. The Kier molecular flexibility index (Phi) is 8.29. The van der Waals surface area contributed by atoms with Gasteiger partial charge in [0.25, 0.3) is 5.91 Å². The van der Waals surface area contributed by atoms with Gasteiger partial charge in [0.2, 0.25) is 5.91 Å². The molecule has 0 N–H and O–H groups in total. The quantitative estimate of drug-likeness (QED) is 0.448. The molecule has 3 heterocycles. The van der Waals surface area contributed by atoms with E-state index in [-0.39, 0.29) is 17.9 Å². The molecule has 1 atom stereocenters. The maximum absolute atomic E-state index is 13.3. The number of amides is 2. The van der Waals surface area contributed by atoms with Crippen molar-refractivity contribution in [3.05, 3.63) is 81.5 Å². The molecule has 0 spiro atoms. The molecule has 200 valence electrons. The van der Waals surface area contributed by atoms with Crippen LogP contribution < -0.4 is 9.47 Å². The van der Waals surface area contributed by atoms with E-state index in [1.165, 1.54) is 16.0 Å². The van der Waals surface area contributed by atoms with Crippen molar-refractivity contribution in [2.24, 2.45) is 0 Å². The molecule has 0 radical (unpaired) electrons. The highest BCUT2D eigenvalue weighted by atomic mass is 32.1. The van der Waals surface area contributed by atoms with Crippen LogP contribution in [0.3, 0.4) is 0 Å². The fraction of sp³-hybridized carbons (Fsp3) is 0.400. The van der Waals surface area contributed by atoms with Gasteiger partial charge in [0.05, 0.1) is 20.3 Å². The summed E-state index contributed by atoms with van der Waals surface area (Å²) in [7, 11) is 3.15. The van der Waals surface area contributed by atoms with E-state index in [1.807, 2.05) is 27.2 Å². The number of fused-ring (bicyclic) bond motifs is 1. The standard InChI is InChI=1S/C30H35N3O4S/c1-36-24-19-23(20-25(21-24)37-2)30(35)33-13-6-12-31(16-17-33)28(34)10-15-32-14-9-27-26(11-18-38-27)29(32)22-7-4-3-5-8-22/h3-5,7-8,11,18-21,29H,6,9-10,12-17H2,1-2H3/t29-/m0/s1. The molecule has 0 unspecified atom stereocenters. The minimum atomic E-state index is -0.0675. The van der Waals surface area contributed by atoms with Gasteiger partial charge < -0.3 is 19.3 Å². The van der Waals surface area contributed by atoms with Crippen molar-refractivity contribution >= 4 is 23.2 Å². The molecule has 2 amide bonds. The minimum Gasteiger partial charge on any atom is -0.497 e. The molecule has 1 fully saturated rings. The number of nitrogens with zero attached hydrogens (tertiary/aromatic N) is 3. The van der Waals surface area contributed by atoms with Crippen LogP contribution in [0.15, 0.2) is 60.0 Å². The molecule has 2 aliphatic rings. The van der Waals surface area contributed by atoms with Gasteiger partial charge in [-0.2, -0.15) is 0 Å². The second-order valence-corrected chi connectivity index (χ2v) is 10.8. The maximum Gasteiger partial charge on any atom is 0.254 e.